The van der Waals surface area contributed by atoms with Gasteiger partial charge < -0.3 is 20.1 Å². The largest absolute Gasteiger partial charge is 0.412 e. The molecule has 0 unspecified atom stereocenters. The predicted octanol–water partition coefficient (Wildman–Crippen LogP) is 5.27. The molecule has 29 heavy (non-hydrogen) atoms. The van der Waals surface area contributed by atoms with Crippen LogP contribution in [0.3, 0.4) is 0 Å². The van der Waals surface area contributed by atoms with Crippen LogP contribution in [-0.4, -0.2) is 32.5 Å². The molecule has 2 N–H and O–H groups in total. The first-order chi connectivity index (χ1) is 13.7. The van der Waals surface area contributed by atoms with Gasteiger partial charge in [-0.1, -0.05) is 32.0 Å². The molecule has 6 nitrogen and oxygen atoms in total. The van der Waals surface area contributed by atoms with Crippen molar-refractivity contribution in [2.24, 2.45) is 0 Å². The highest BCUT2D eigenvalue weighted by Crippen LogP contribution is 2.28. The summed E-state index contributed by atoms with van der Waals surface area (Å²) in [6.45, 7) is 8.14. The van der Waals surface area contributed by atoms with E-state index < -0.39 is 12.2 Å². The summed E-state index contributed by atoms with van der Waals surface area (Å²) in [6, 6.07) is 11.3. The van der Waals surface area contributed by atoms with E-state index in [0.717, 1.165) is 16.7 Å². The number of carbonyl (C=O) groups is 2. The van der Waals surface area contributed by atoms with Crippen molar-refractivity contribution in [2.45, 2.75) is 38.5 Å². The molecule has 0 aromatic heterocycles. The molecule has 0 saturated heterocycles. The van der Waals surface area contributed by atoms with Gasteiger partial charge in [-0.05, 0) is 60.9 Å². The summed E-state index contributed by atoms with van der Waals surface area (Å²) >= 11 is 1.70. The van der Waals surface area contributed by atoms with Gasteiger partial charge in [-0.3, -0.25) is 0 Å². The van der Waals surface area contributed by atoms with Crippen LogP contribution in [0.15, 0.2) is 41.3 Å². The minimum atomic E-state index is -0.439. The molecule has 0 heterocycles. The van der Waals surface area contributed by atoms with E-state index in [9.17, 15) is 9.59 Å². The van der Waals surface area contributed by atoms with Crippen molar-refractivity contribution in [2.75, 3.05) is 20.4 Å². The van der Waals surface area contributed by atoms with Crippen LogP contribution in [0.5, 0.6) is 11.5 Å². The van der Waals surface area contributed by atoms with Gasteiger partial charge in [0, 0.05) is 19.0 Å². The van der Waals surface area contributed by atoms with Gasteiger partial charge in [0.05, 0.1) is 0 Å². The van der Waals surface area contributed by atoms with Crippen molar-refractivity contribution >= 4 is 23.9 Å². The van der Waals surface area contributed by atoms with Gasteiger partial charge >= 0.3 is 12.2 Å². The minimum Gasteiger partial charge on any atom is -0.410 e. The molecule has 2 rings (SSSR count). The number of rotatable bonds is 4. The van der Waals surface area contributed by atoms with E-state index in [4.69, 9.17) is 9.47 Å². The van der Waals surface area contributed by atoms with Gasteiger partial charge in [-0.15, -0.1) is 11.8 Å². The molecule has 0 spiro atoms. The van der Waals surface area contributed by atoms with Crippen LogP contribution in [0.4, 0.5) is 9.59 Å². The van der Waals surface area contributed by atoms with Gasteiger partial charge in [-0.25, -0.2) is 9.59 Å². The van der Waals surface area contributed by atoms with Crippen molar-refractivity contribution in [1.29, 1.82) is 0 Å². The fourth-order valence-corrected chi connectivity index (χ4v) is 3.41. The fraction of sp³-hybridized carbons (Fsp3) is 0.364. The van der Waals surface area contributed by atoms with Gasteiger partial charge in [-0.2, -0.15) is 0 Å². The number of para-hydroxylation sites is 1. The van der Waals surface area contributed by atoms with Crippen molar-refractivity contribution in [1.82, 2.24) is 10.6 Å². The average molecular weight is 419 g/mol. The van der Waals surface area contributed by atoms with Crippen LogP contribution in [0.1, 0.15) is 36.5 Å². The zero-order chi connectivity index (χ0) is 22.0. The zero-order valence-corrected chi connectivity index (χ0v) is 18.9. The molecule has 2 aromatic carbocycles. The maximum atomic E-state index is 11.0. The smallest absolute Gasteiger partial charge is 0.410 e. The lowest BCUT2D eigenvalue weighted by molar-refractivity contribution is 0.201. The van der Waals surface area contributed by atoms with E-state index >= 15 is 0 Å². The monoisotopic (exact) mass is 418 g/mol. The third-order valence-corrected chi connectivity index (χ3v) is 5.05. The number of benzene rings is 2. The molecule has 7 heteroatoms. The van der Waals surface area contributed by atoms with Crippen LogP contribution in [0.25, 0.3) is 0 Å². The molecule has 0 radical (unpaired) electrons. The summed E-state index contributed by atoms with van der Waals surface area (Å²) in [4.78, 5) is 23.3. The molecule has 2 amide bonds. The van der Waals surface area contributed by atoms with Crippen LogP contribution in [0, 0.1) is 13.8 Å². The second kappa shape index (κ2) is 12.0. The lowest BCUT2D eigenvalue weighted by Crippen LogP contribution is -2.22. The van der Waals surface area contributed by atoms with Crippen molar-refractivity contribution in [3.05, 3.63) is 53.1 Å². The van der Waals surface area contributed by atoms with E-state index in [1.54, 1.807) is 24.9 Å². The highest BCUT2D eigenvalue weighted by molar-refractivity contribution is 7.98. The van der Waals surface area contributed by atoms with Crippen LogP contribution >= 0.6 is 11.8 Å². The Balaban J connectivity index is 0.000000291. The molecule has 0 fully saturated rings. The molecule has 0 bridgehead atoms. The molecule has 0 atom stereocenters. The quantitative estimate of drug-likeness (QED) is 0.661. The summed E-state index contributed by atoms with van der Waals surface area (Å²) < 4.78 is 10.2. The number of amides is 2. The Kier molecular flexibility index (Phi) is 10.1. The molecular formula is C22H30N2O4S. The lowest BCUT2D eigenvalue weighted by Gasteiger charge is -2.11. The number of carbonyl (C=O) groups excluding carboxylic acids is 2. The number of hydrogen-bond acceptors (Lipinski definition) is 5. The Bertz CT molecular complexity index is 814. The highest BCUT2D eigenvalue weighted by Gasteiger charge is 2.09. The fourth-order valence-electron chi connectivity index (χ4n) is 2.65. The van der Waals surface area contributed by atoms with Crippen molar-refractivity contribution in [3.8, 4) is 11.5 Å². The first kappa shape index (κ1) is 24.4. The first-order valence-corrected chi connectivity index (χ1v) is 10.5. The molecule has 0 aliphatic rings. The van der Waals surface area contributed by atoms with Gasteiger partial charge in [0.15, 0.2) is 0 Å². The summed E-state index contributed by atoms with van der Waals surface area (Å²) in [6.07, 6.45) is 1.16. The Hall–Kier alpha value is -2.67. The SMILES string of the molecule is CNC(=O)Oc1cc(C)c(SC)c(C)c1.CNC(=O)Oc1ccccc1C(C)C. The van der Waals surface area contributed by atoms with Crippen LogP contribution < -0.4 is 20.1 Å². The third kappa shape index (κ3) is 7.69. The number of thioether (sulfide) groups is 1. The summed E-state index contributed by atoms with van der Waals surface area (Å²) in [5.74, 6) is 1.56. The van der Waals surface area contributed by atoms with Gasteiger partial charge in [0.1, 0.15) is 11.5 Å². The Labute approximate surface area is 177 Å². The third-order valence-electron chi connectivity index (χ3n) is 4.00. The van der Waals surface area contributed by atoms with Crippen molar-refractivity contribution in [3.63, 3.8) is 0 Å². The maximum absolute atomic E-state index is 11.0. The maximum Gasteiger partial charge on any atom is 0.412 e. The normalized spacial score (nSPS) is 9.93. The summed E-state index contributed by atoms with van der Waals surface area (Å²) in [7, 11) is 3.08. The first-order valence-electron chi connectivity index (χ1n) is 9.26. The molecule has 0 aliphatic heterocycles. The number of hydrogen-bond donors (Lipinski definition) is 2. The van der Waals surface area contributed by atoms with Gasteiger partial charge in [0.25, 0.3) is 0 Å². The van der Waals surface area contributed by atoms with E-state index in [1.165, 1.54) is 11.9 Å². The zero-order valence-electron chi connectivity index (χ0n) is 18.1. The summed E-state index contributed by atoms with van der Waals surface area (Å²) in [5.41, 5.74) is 3.29. The molecular weight excluding hydrogens is 388 g/mol. The standard InChI is InChI=1S/C11H15NO2S.C11H15NO2/c1-7-5-9(14-11(13)12-3)6-8(2)10(7)15-4;1-8(2)9-6-4-5-7-10(9)14-11(13)12-3/h5-6H,1-4H3,(H,12,13);4-8H,1-3H3,(H,12,13). The van der Waals surface area contributed by atoms with E-state index in [0.29, 0.717) is 17.4 Å². The number of aryl methyl sites for hydroxylation is 2. The second-order valence-corrected chi connectivity index (χ2v) is 7.38. The van der Waals surface area contributed by atoms with Gasteiger partial charge in [0.2, 0.25) is 0 Å². The Morgan fingerprint density at radius 1 is 0.931 bits per heavy atom. The molecule has 2 aromatic rings. The predicted molar refractivity (Wildman–Crippen MR) is 118 cm³/mol. The number of ether oxygens (including phenoxy) is 2. The van der Waals surface area contributed by atoms with E-state index in [2.05, 4.69) is 24.5 Å². The number of nitrogens with one attached hydrogen (secondary N) is 2. The Morgan fingerprint density at radius 3 is 1.93 bits per heavy atom. The Morgan fingerprint density at radius 2 is 1.45 bits per heavy atom. The minimum absolute atomic E-state index is 0.343. The van der Waals surface area contributed by atoms with Crippen LogP contribution in [-0.2, 0) is 0 Å². The molecule has 158 valence electrons. The molecule has 0 aliphatic carbocycles. The van der Waals surface area contributed by atoms with E-state index in [1.807, 2.05) is 50.4 Å². The molecule has 0 saturated carbocycles. The average Bonchev–Trinajstić information content (AvgIpc) is 2.68. The highest BCUT2D eigenvalue weighted by atomic mass is 32.2. The van der Waals surface area contributed by atoms with Crippen LogP contribution in [0.2, 0.25) is 0 Å². The second-order valence-electron chi connectivity index (χ2n) is 6.56. The topological polar surface area (TPSA) is 76.7 Å². The van der Waals surface area contributed by atoms with E-state index in [-0.39, 0.29) is 0 Å². The lowest BCUT2D eigenvalue weighted by atomic mass is 10.0. The summed E-state index contributed by atoms with van der Waals surface area (Å²) in [5, 5.41) is 4.83. The van der Waals surface area contributed by atoms with Crippen molar-refractivity contribution < 1.29 is 19.1 Å².